The summed E-state index contributed by atoms with van der Waals surface area (Å²) in [5.74, 6) is 5.15. The molecule has 2 rings (SSSR count). The van der Waals surface area contributed by atoms with Gasteiger partial charge in [0.05, 0.1) is 0 Å². The number of hydrogen-bond acceptors (Lipinski definition) is 5. The molecule has 1 aliphatic rings. The van der Waals surface area contributed by atoms with Crippen LogP contribution >= 0.6 is 0 Å². The maximum atomic E-state index is 12.8. The van der Waals surface area contributed by atoms with Crippen LogP contribution in [0.15, 0.2) is 6.07 Å². The third-order valence-corrected chi connectivity index (χ3v) is 3.66. The number of hydrazine groups is 1. The summed E-state index contributed by atoms with van der Waals surface area (Å²) in [6, 6.07) is 1.50. The Morgan fingerprint density at radius 3 is 2.19 bits per heavy atom. The Bertz CT molecular complexity index is 481. The first kappa shape index (κ1) is 15.8. The normalized spacial score (nSPS) is 26.5. The largest absolute Gasteiger partial charge is 0.451 e. The topological polar surface area (TPSA) is 75.9 Å². The number of nitrogens with zero attached hydrogens (tertiary/aromatic N) is 2. The van der Waals surface area contributed by atoms with Crippen molar-refractivity contribution in [2.45, 2.75) is 45.3 Å². The van der Waals surface area contributed by atoms with Crippen molar-refractivity contribution >= 4 is 11.6 Å². The summed E-state index contributed by atoms with van der Waals surface area (Å²) < 4.78 is 38.3. The highest BCUT2D eigenvalue weighted by Gasteiger charge is 2.35. The van der Waals surface area contributed by atoms with Crippen LogP contribution in [0.25, 0.3) is 0 Å². The standard InChI is InChI=1S/C13H20F3N5/c1-7-3-8(2)5-9(4-7)18-10-6-11(21-17)20-12(19-10)13(14,15)16/h6-9H,3-5,17H2,1-2H3,(H2,18,19,20,21). The van der Waals surface area contributed by atoms with Crippen molar-refractivity contribution in [3.05, 3.63) is 11.9 Å². The number of aromatic nitrogens is 2. The Labute approximate surface area is 121 Å². The van der Waals surface area contributed by atoms with Gasteiger partial charge < -0.3 is 10.7 Å². The van der Waals surface area contributed by atoms with Crippen LogP contribution in [0.3, 0.4) is 0 Å². The smallest absolute Gasteiger partial charge is 0.367 e. The number of alkyl halides is 3. The van der Waals surface area contributed by atoms with Gasteiger partial charge in [-0.3, -0.25) is 0 Å². The van der Waals surface area contributed by atoms with Gasteiger partial charge in [-0.2, -0.15) is 13.2 Å². The fraction of sp³-hybridized carbons (Fsp3) is 0.692. The molecule has 8 heteroatoms. The zero-order valence-corrected chi connectivity index (χ0v) is 12.0. The molecule has 1 aromatic heterocycles. The molecule has 0 bridgehead atoms. The van der Waals surface area contributed by atoms with E-state index < -0.39 is 12.0 Å². The summed E-state index contributed by atoms with van der Waals surface area (Å²) in [5.41, 5.74) is 2.14. The fourth-order valence-electron chi connectivity index (χ4n) is 3.00. The van der Waals surface area contributed by atoms with Gasteiger partial charge in [0.2, 0.25) is 5.82 Å². The summed E-state index contributed by atoms with van der Waals surface area (Å²) in [6.45, 7) is 4.30. The minimum absolute atomic E-state index is 0.0586. The Morgan fingerprint density at radius 2 is 1.67 bits per heavy atom. The molecule has 1 aromatic rings. The molecule has 4 N–H and O–H groups in total. The minimum atomic E-state index is -4.60. The SMILES string of the molecule is CC1CC(C)CC(Nc2cc(NN)nc(C(F)(F)F)n2)C1. The lowest BCUT2D eigenvalue weighted by molar-refractivity contribution is -0.144. The average Bonchev–Trinajstić information content (AvgIpc) is 2.36. The maximum absolute atomic E-state index is 12.8. The number of halogens is 3. The van der Waals surface area contributed by atoms with Crippen LogP contribution in [0, 0.1) is 11.8 Å². The quantitative estimate of drug-likeness (QED) is 0.591. The van der Waals surface area contributed by atoms with Gasteiger partial charge in [0.1, 0.15) is 11.6 Å². The van der Waals surface area contributed by atoms with Gasteiger partial charge in [-0.05, 0) is 31.1 Å². The van der Waals surface area contributed by atoms with Gasteiger partial charge in [-0.25, -0.2) is 15.8 Å². The molecular weight excluding hydrogens is 283 g/mol. The van der Waals surface area contributed by atoms with Crippen molar-refractivity contribution in [3.63, 3.8) is 0 Å². The molecular formula is C13H20F3N5. The summed E-state index contributed by atoms with van der Waals surface area (Å²) in [4.78, 5) is 6.89. The van der Waals surface area contributed by atoms with E-state index in [2.05, 4.69) is 34.6 Å². The molecule has 2 atom stereocenters. The van der Waals surface area contributed by atoms with Crippen molar-refractivity contribution in [3.8, 4) is 0 Å². The van der Waals surface area contributed by atoms with E-state index in [9.17, 15) is 13.2 Å². The number of nitrogens with two attached hydrogens (primary N) is 1. The van der Waals surface area contributed by atoms with E-state index in [1.54, 1.807) is 0 Å². The molecule has 21 heavy (non-hydrogen) atoms. The number of nitrogen functional groups attached to an aromatic ring is 1. The second-order valence-corrected chi connectivity index (χ2v) is 5.86. The number of nitrogens with one attached hydrogen (secondary N) is 2. The summed E-state index contributed by atoms with van der Waals surface area (Å²) >= 11 is 0. The van der Waals surface area contributed by atoms with E-state index in [-0.39, 0.29) is 17.7 Å². The number of anilines is 2. The highest BCUT2D eigenvalue weighted by molar-refractivity contribution is 5.47. The molecule has 1 heterocycles. The van der Waals surface area contributed by atoms with Crippen molar-refractivity contribution in [2.24, 2.45) is 17.7 Å². The van der Waals surface area contributed by atoms with Gasteiger partial charge in [-0.15, -0.1) is 0 Å². The van der Waals surface area contributed by atoms with E-state index in [0.717, 1.165) is 19.3 Å². The first-order valence-corrected chi connectivity index (χ1v) is 6.97. The molecule has 0 aromatic carbocycles. The van der Waals surface area contributed by atoms with Crippen LogP contribution in [0.4, 0.5) is 24.8 Å². The third-order valence-electron chi connectivity index (χ3n) is 3.66. The first-order chi connectivity index (χ1) is 9.77. The zero-order valence-electron chi connectivity index (χ0n) is 12.0. The van der Waals surface area contributed by atoms with Crippen molar-refractivity contribution in [1.29, 1.82) is 0 Å². The molecule has 1 aliphatic carbocycles. The molecule has 1 fully saturated rings. The minimum Gasteiger partial charge on any atom is -0.367 e. The van der Waals surface area contributed by atoms with Gasteiger partial charge in [0.25, 0.3) is 0 Å². The Balaban J connectivity index is 2.19. The Hall–Kier alpha value is -1.57. The Morgan fingerprint density at radius 1 is 1.10 bits per heavy atom. The van der Waals surface area contributed by atoms with E-state index in [1.165, 1.54) is 6.07 Å². The van der Waals surface area contributed by atoms with Crippen LogP contribution in [0.1, 0.15) is 38.9 Å². The van der Waals surface area contributed by atoms with Gasteiger partial charge in [0, 0.05) is 12.1 Å². The molecule has 0 amide bonds. The molecule has 0 radical (unpaired) electrons. The van der Waals surface area contributed by atoms with E-state index in [4.69, 9.17) is 5.84 Å². The van der Waals surface area contributed by atoms with Crippen molar-refractivity contribution < 1.29 is 13.2 Å². The molecule has 0 aliphatic heterocycles. The van der Waals surface area contributed by atoms with Gasteiger partial charge in [-0.1, -0.05) is 13.8 Å². The third kappa shape index (κ3) is 4.20. The lowest BCUT2D eigenvalue weighted by Crippen LogP contribution is -2.31. The maximum Gasteiger partial charge on any atom is 0.451 e. The van der Waals surface area contributed by atoms with Crippen molar-refractivity contribution in [2.75, 3.05) is 10.7 Å². The highest BCUT2D eigenvalue weighted by atomic mass is 19.4. The molecule has 1 saturated carbocycles. The molecule has 2 unspecified atom stereocenters. The predicted molar refractivity (Wildman–Crippen MR) is 74.4 cm³/mol. The van der Waals surface area contributed by atoms with E-state index >= 15 is 0 Å². The Kier molecular flexibility index (Phi) is 4.55. The summed E-state index contributed by atoms with van der Waals surface area (Å²) in [6.07, 6.45) is -1.62. The van der Waals surface area contributed by atoms with E-state index in [0.29, 0.717) is 11.8 Å². The molecule has 5 nitrogen and oxygen atoms in total. The second-order valence-electron chi connectivity index (χ2n) is 5.86. The zero-order chi connectivity index (χ0) is 15.6. The van der Waals surface area contributed by atoms with E-state index in [1.807, 2.05) is 0 Å². The van der Waals surface area contributed by atoms with Crippen molar-refractivity contribution in [1.82, 2.24) is 9.97 Å². The number of hydrogen-bond donors (Lipinski definition) is 3. The summed E-state index contributed by atoms with van der Waals surface area (Å²) in [7, 11) is 0. The van der Waals surface area contributed by atoms with Gasteiger partial charge in [0.15, 0.2) is 0 Å². The predicted octanol–water partition coefficient (Wildman–Crippen LogP) is 3.02. The average molecular weight is 303 g/mol. The van der Waals surface area contributed by atoms with Crippen LogP contribution in [-0.2, 0) is 6.18 Å². The molecule has 0 saturated heterocycles. The van der Waals surface area contributed by atoms with Gasteiger partial charge >= 0.3 is 6.18 Å². The number of rotatable bonds is 3. The van der Waals surface area contributed by atoms with Crippen LogP contribution in [-0.4, -0.2) is 16.0 Å². The van der Waals surface area contributed by atoms with Crippen LogP contribution in [0.2, 0.25) is 0 Å². The van der Waals surface area contributed by atoms with Crippen LogP contribution < -0.4 is 16.6 Å². The molecule has 118 valence electrons. The molecule has 0 spiro atoms. The van der Waals surface area contributed by atoms with Crippen LogP contribution in [0.5, 0.6) is 0 Å². The monoisotopic (exact) mass is 303 g/mol. The summed E-state index contributed by atoms with van der Waals surface area (Å²) in [5, 5.41) is 3.08. The lowest BCUT2D eigenvalue weighted by atomic mass is 9.80. The fourth-order valence-corrected chi connectivity index (χ4v) is 3.00. The second kappa shape index (κ2) is 6.05. The lowest BCUT2D eigenvalue weighted by Gasteiger charge is -2.32. The highest BCUT2D eigenvalue weighted by Crippen LogP contribution is 2.32. The first-order valence-electron chi connectivity index (χ1n) is 6.97.